The van der Waals surface area contributed by atoms with E-state index in [4.69, 9.17) is 14.2 Å². The second-order valence-corrected chi connectivity index (χ2v) is 18.0. The predicted molar refractivity (Wildman–Crippen MR) is 263 cm³/mol. The third-order valence-corrected chi connectivity index (χ3v) is 11.1. The van der Waals surface area contributed by atoms with Gasteiger partial charge in [0.2, 0.25) is 0 Å². The number of carbonyl (C=O) groups excluding carboxylic acids is 3. The summed E-state index contributed by atoms with van der Waals surface area (Å²) >= 11 is 0. The second-order valence-electron chi connectivity index (χ2n) is 18.0. The molecular weight excluding hydrogens is 787 g/mol. The van der Waals surface area contributed by atoms with Gasteiger partial charge in [0.1, 0.15) is 12.6 Å². The van der Waals surface area contributed by atoms with E-state index in [0.29, 0.717) is 12.8 Å². The summed E-state index contributed by atoms with van der Waals surface area (Å²) in [6.07, 6.45) is 58.0. The fourth-order valence-electron chi connectivity index (χ4n) is 7.09. The highest BCUT2D eigenvalue weighted by Crippen LogP contribution is 2.13. The Labute approximate surface area is 387 Å². The van der Waals surface area contributed by atoms with Crippen molar-refractivity contribution in [1.82, 2.24) is 0 Å². The fourth-order valence-corrected chi connectivity index (χ4v) is 7.09. The largest absolute Gasteiger partial charge is 0.544 e. The zero-order chi connectivity index (χ0) is 46.3. The van der Waals surface area contributed by atoms with Crippen LogP contribution in [-0.4, -0.2) is 75.5 Å². The van der Waals surface area contributed by atoms with Crippen LogP contribution in [0.4, 0.5) is 0 Å². The van der Waals surface area contributed by atoms with Crippen molar-refractivity contribution in [3.8, 4) is 0 Å². The van der Waals surface area contributed by atoms with Crippen molar-refractivity contribution in [3.63, 3.8) is 0 Å². The Kier molecular flexibility index (Phi) is 43.0. The monoisotopic (exact) mass is 882 g/mol. The maximum absolute atomic E-state index is 12.7. The molecule has 0 spiro atoms. The second kappa shape index (κ2) is 45.3. The third-order valence-electron chi connectivity index (χ3n) is 11.1. The highest BCUT2D eigenvalue weighted by atomic mass is 16.6. The molecular formula is C55H95NO7. The lowest BCUT2D eigenvalue weighted by atomic mass is 10.1. The minimum atomic E-state index is -1.14. The summed E-state index contributed by atoms with van der Waals surface area (Å²) in [5.74, 6) is -1.82. The SMILES string of the molecule is CCCCC/C=C/C/C=C/C/C=C/C/C=C/CCCC(=O)OC(COCCC(C(=O)[O-])[N+](C)(C)C)COC(=O)CCCCCCCCC/C=C/C/C=C/CCCCCCCCCC. The Bertz CT molecular complexity index is 1260. The van der Waals surface area contributed by atoms with Gasteiger partial charge < -0.3 is 28.6 Å². The average Bonchev–Trinajstić information content (AvgIpc) is 3.24. The van der Waals surface area contributed by atoms with E-state index in [9.17, 15) is 19.5 Å². The van der Waals surface area contributed by atoms with Crippen molar-refractivity contribution in [1.29, 1.82) is 0 Å². The number of ether oxygens (including phenoxy) is 3. The Morgan fingerprint density at radius 2 is 0.857 bits per heavy atom. The number of hydrogen-bond acceptors (Lipinski definition) is 7. The molecule has 0 fully saturated rings. The highest BCUT2D eigenvalue weighted by molar-refractivity contribution is 5.70. The first-order valence-electron chi connectivity index (χ1n) is 25.5. The van der Waals surface area contributed by atoms with E-state index in [1.165, 1.54) is 109 Å². The number of carboxylic acid groups (broad SMARTS) is 1. The zero-order valence-corrected chi connectivity index (χ0v) is 41.2. The molecule has 0 N–H and O–H groups in total. The lowest BCUT2D eigenvalue weighted by Gasteiger charge is -2.34. The molecule has 0 saturated carbocycles. The van der Waals surface area contributed by atoms with Gasteiger partial charge in [-0.15, -0.1) is 0 Å². The molecule has 63 heavy (non-hydrogen) atoms. The van der Waals surface area contributed by atoms with Crippen LogP contribution in [0.15, 0.2) is 72.9 Å². The molecule has 0 heterocycles. The standard InChI is InChI=1S/C55H95NO7/c1-6-8-10-12-14-16-18-20-22-24-25-26-27-28-30-31-33-35-37-39-41-43-45-53(57)62-50-51(49-61-48-47-52(55(59)60)56(3,4)5)63-54(58)46-44-42-40-38-36-34-32-29-23-21-19-17-15-13-11-9-7-2/h15,17,21,23-25,27-28,32,34,38,40,51-52H,6-14,16,18-20,22,26,29-31,33,35-37,39,41-50H2,1-5H3/b17-15+,23-21+,25-24+,28-27+,34-32+,40-38+. The third kappa shape index (κ3) is 43.8. The molecule has 0 aliphatic carbocycles. The van der Waals surface area contributed by atoms with Crippen molar-refractivity contribution in [2.75, 3.05) is 41.0 Å². The Morgan fingerprint density at radius 3 is 1.32 bits per heavy atom. The van der Waals surface area contributed by atoms with Crippen LogP contribution in [0.25, 0.3) is 0 Å². The summed E-state index contributed by atoms with van der Waals surface area (Å²) in [5, 5.41) is 11.7. The number of unbranched alkanes of at least 4 members (excludes halogenated alkanes) is 19. The summed E-state index contributed by atoms with van der Waals surface area (Å²) in [4.78, 5) is 37.0. The summed E-state index contributed by atoms with van der Waals surface area (Å²) in [6, 6.07) is -0.740. The van der Waals surface area contributed by atoms with E-state index >= 15 is 0 Å². The van der Waals surface area contributed by atoms with E-state index in [1.54, 1.807) is 21.1 Å². The molecule has 8 heteroatoms. The van der Waals surface area contributed by atoms with Gasteiger partial charge >= 0.3 is 11.9 Å². The van der Waals surface area contributed by atoms with Crippen LogP contribution in [0.5, 0.6) is 0 Å². The average molecular weight is 882 g/mol. The summed E-state index contributed by atoms with van der Waals surface area (Å²) in [6.45, 7) is 4.57. The van der Waals surface area contributed by atoms with Crippen molar-refractivity contribution >= 4 is 17.9 Å². The number of hydrogen-bond donors (Lipinski definition) is 0. The maximum Gasteiger partial charge on any atom is 0.306 e. The van der Waals surface area contributed by atoms with Gasteiger partial charge in [-0.3, -0.25) is 9.59 Å². The number of allylic oxidation sites excluding steroid dienone is 12. The molecule has 0 amide bonds. The Morgan fingerprint density at radius 1 is 0.476 bits per heavy atom. The van der Waals surface area contributed by atoms with Gasteiger partial charge in [0.05, 0.1) is 40.3 Å². The van der Waals surface area contributed by atoms with Gasteiger partial charge in [0, 0.05) is 19.3 Å². The fraction of sp³-hybridized carbons (Fsp3) is 0.727. The van der Waals surface area contributed by atoms with E-state index in [-0.39, 0.29) is 49.1 Å². The van der Waals surface area contributed by atoms with Gasteiger partial charge in [0.25, 0.3) is 0 Å². The zero-order valence-electron chi connectivity index (χ0n) is 41.2. The summed E-state index contributed by atoms with van der Waals surface area (Å²) in [7, 11) is 5.39. The van der Waals surface area contributed by atoms with Gasteiger partial charge in [-0.1, -0.05) is 177 Å². The molecule has 2 unspecified atom stereocenters. The normalized spacial score (nSPS) is 13.5. The quantitative estimate of drug-likeness (QED) is 0.0260. The minimum absolute atomic E-state index is 0.0132. The van der Waals surface area contributed by atoms with Crippen LogP contribution in [0, 0.1) is 0 Å². The molecule has 0 aromatic heterocycles. The lowest BCUT2D eigenvalue weighted by Crippen LogP contribution is -2.55. The van der Waals surface area contributed by atoms with E-state index in [2.05, 4.69) is 86.8 Å². The number of nitrogens with zero attached hydrogens (tertiary/aromatic N) is 1. The van der Waals surface area contributed by atoms with Crippen LogP contribution in [0.2, 0.25) is 0 Å². The predicted octanol–water partition coefficient (Wildman–Crippen LogP) is 13.4. The summed E-state index contributed by atoms with van der Waals surface area (Å²) < 4.78 is 17.2. The molecule has 0 aromatic rings. The topological polar surface area (TPSA) is 102 Å². The molecule has 2 atom stereocenters. The Balaban J connectivity index is 4.34. The summed E-state index contributed by atoms with van der Waals surface area (Å²) in [5.41, 5.74) is 0. The number of rotatable bonds is 45. The van der Waals surface area contributed by atoms with Crippen LogP contribution in [0.1, 0.15) is 206 Å². The molecule has 0 aliphatic rings. The van der Waals surface area contributed by atoms with Gasteiger partial charge in [-0.2, -0.15) is 0 Å². The van der Waals surface area contributed by atoms with E-state index in [1.807, 2.05) is 0 Å². The van der Waals surface area contributed by atoms with Crippen LogP contribution < -0.4 is 5.11 Å². The highest BCUT2D eigenvalue weighted by Gasteiger charge is 2.25. The molecule has 8 nitrogen and oxygen atoms in total. The van der Waals surface area contributed by atoms with E-state index in [0.717, 1.165) is 57.8 Å². The molecule has 0 saturated heterocycles. The first-order valence-corrected chi connectivity index (χ1v) is 25.5. The molecule has 0 radical (unpaired) electrons. The van der Waals surface area contributed by atoms with Gasteiger partial charge in [-0.05, 0) is 83.5 Å². The molecule has 0 bridgehead atoms. The van der Waals surface area contributed by atoms with Crippen LogP contribution in [0.3, 0.4) is 0 Å². The number of quaternary nitrogens is 1. The van der Waals surface area contributed by atoms with Gasteiger partial charge in [0.15, 0.2) is 6.10 Å². The van der Waals surface area contributed by atoms with Gasteiger partial charge in [-0.25, -0.2) is 0 Å². The Hall–Kier alpha value is -3.23. The van der Waals surface area contributed by atoms with Crippen molar-refractivity contribution in [3.05, 3.63) is 72.9 Å². The number of carbonyl (C=O) groups is 3. The number of carboxylic acids is 1. The smallest absolute Gasteiger partial charge is 0.306 e. The molecule has 0 rings (SSSR count). The lowest BCUT2D eigenvalue weighted by molar-refractivity contribution is -0.889. The van der Waals surface area contributed by atoms with Crippen molar-refractivity contribution in [2.24, 2.45) is 0 Å². The van der Waals surface area contributed by atoms with Crippen molar-refractivity contribution in [2.45, 2.75) is 219 Å². The maximum atomic E-state index is 12.7. The number of aliphatic carboxylic acids is 1. The molecule has 362 valence electrons. The minimum Gasteiger partial charge on any atom is -0.544 e. The van der Waals surface area contributed by atoms with Crippen molar-refractivity contribution < 1.29 is 38.2 Å². The first kappa shape index (κ1) is 59.8. The van der Waals surface area contributed by atoms with E-state index < -0.39 is 18.1 Å². The van der Waals surface area contributed by atoms with Crippen LogP contribution in [-0.2, 0) is 28.6 Å². The first-order chi connectivity index (χ1) is 30.6. The molecule has 0 aliphatic heterocycles. The molecule has 0 aromatic carbocycles. The van der Waals surface area contributed by atoms with Crippen LogP contribution >= 0.6 is 0 Å². The number of esters is 2. The number of likely N-dealkylation sites (N-methyl/N-ethyl adjacent to an activating group) is 1.